The van der Waals surface area contributed by atoms with Gasteiger partial charge in [-0.05, 0) is 60.8 Å². The average Bonchev–Trinajstić information content (AvgIpc) is 3.14. The number of nitrogens with zero attached hydrogens (tertiary/aromatic N) is 1. The zero-order valence-corrected chi connectivity index (χ0v) is 19.6. The Bertz CT molecular complexity index is 1040. The van der Waals surface area contributed by atoms with Crippen molar-refractivity contribution in [2.75, 3.05) is 6.61 Å². The van der Waals surface area contributed by atoms with Gasteiger partial charge in [-0.3, -0.25) is 4.79 Å². The largest absolute Gasteiger partial charge is 0.448 e. The second-order valence-corrected chi connectivity index (χ2v) is 10.1. The Hall–Kier alpha value is -2.83. The molecule has 5 rings (SSSR count). The molecule has 2 aliphatic heterocycles. The van der Waals surface area contributed by atoms with Gasteiger partial charge < -0.3 is 9.64 Å². The van der Waals surface area contributed by atoms with E-state index in [4.69, 9.17) is 4.74 Å². The van der Waals surface area contributed by atoms with Gasteiger partial charge in [0.05, 0.1) is 0 Å². The van der Waals surface area contributed by atoms with Gasteiger partial charge in [0.2, 0.25) is 0 Å². The minimum absolute atomic E-state index is 0.0149. The van der Waals surface area contributed by atoms with Crippen LogP contribution in [0.15, 0.2) is 48.5 Å². The maximum atomic E-state index is 13.2. The highest BCUT2D eigenvalue weighted by molar-refractivity contribution is 5.82. The van der Waals surface area contributed by atoms with E-state index in [0.29, 0.717) is 12.8 Å². The van der Waals surface area contributed by atoms with Gasteiger partial charge in [-0.1, -0.05) is 48.5 Å². The van der Waals surface area contributed by atoms with E-state index in [2.05, 4.69) is 24.3 Å². The van der Waals surface area contributed by atoms with Crippen molar-refractivity contribution in [3.63, 3.8) is 0 Å². The SMILES string of the molecule is O=C(CCCC(F)(F)F)C1CC2CCCC(C1)N2C(=O)OCC1c2ccccc2-c2ccccc21. The van der Waals surface area contributed by atoms with E-state index in [9.17, 15) is 22.8 Å². The van der Waals surface area contributed by atoms with Gasteiger partial charge in [-0.2, -0.15) is 13.2 Å². The van der Waals surface area contributed by atoms with Crippen LogP contribution in [-0.2, 0) is 9.53 Å². The Labute approximate surface area is 203 Å². The van der Waals surface area contributed by atoms with Crippen molar-refractivity contribution in [3.05, 3.63) is 59.7 Å². The quantitative estimate of drug-likeness (QED) is 0.449. The fourth-order valence-corrected chi connectivity index (χ4v) is 6.28. The summed E-state index contributed by atoms with van der Waals surface area (Å²) in [6, 6.07) is 16.2. The Balaban J connectivity index is 1.22. The molecule has 2 fully saturated rings. The predicted molar refractivity (Wildman–Crippen MR) is 126 cm³/mol. The zero-order chi connectivity index (χ0) is 24.6. The lowest BCUT2D eigenvalue weighted by Gasteiger charge is -2.47. The molecule has 1 amide bonds. The second-order valence-electron chi connectivity index (χ2n) is 10.1. The lowest BCUT2D eigenvalue weighted by molar-refractivity contribution is -0.138. The van der Waals surface area contributed by atoms with Crippen LogP contribution in [0.1, 0.15) is 68.4 Å². The molecule has 4 nitrogen and oxygen atoms in total. The first-order valence-electron chi connectivity index (χ1n) is 12.5. The number of carbonyl (C=O) groups excluding carboxylic acids is 2. The number of amides is 1. The van der Waals surface area contributed by atoms with Crippen molar-refractivity contribution in [1.29, 1.82) is 0 Å². The van der Waals surface area contributed by atoms with E-state index in [1.54, 1.807) is 0 Å². The molecule has 2 heterocycles. The van der Waals surface area contributed by atoms with Gasteiger partial charge in [0, 0.05) is 36.8 Å². The average molecular weight is 486 g/mol. The Morgan fingerprint density at radius 3 is 2.06 bits per heavy atom. The zero-order valence-electron chi connectivity index (χ0n) is 19.6. The van der Waals surface area contributed by atoms with E-state index in [0.717, 1.165) is 30.4 Å². The standard InChI is InChI=1S/C28H30F3NO3/c29-28(30,31)14-6-13-26(33)18-15-19-7-5-8-20(16-18)32(19)27(34)35-17-25-23-11-3-1-9-21(23)22-10-2-4-12-24(22)25/h1-4,9-12,18-20,25H,5-8,13-17H2. The molecule has 0 aromatic heterocycles. The highest BCUT2D eigenvalue weighted by Crippen LogP contribution is 2.45. The fourth-order valence-electron chi connectivity index (χ4n) is 6.28. The molecular formula is C28H30F3NO3. The summed E-state index contributed by atoms with van der Waals surface area (Å²) in [5.74, 6) is -0.381. The summed E-state index contributed by atoms with van der Waals surface area (Å²) in [6.45, 7) is 0.253. The summed E-state index contributed by atoms with van der Waals surface area (Å²) >= 11 is 0. The van der Waals surface area contributed by atoms with Crippen LogP contribution >= 0.6 is 0 Å². The van der Waals surface area contributed by atoms with Gasteiger partial charge in [-0.25, -0.2) is 4.79 Å². The highest BCUT2D eigenvalue weighted by Gasteiger charge is 2.44. The van der Waals surface area contributed by atoms with Crippen molar-refractivity contribution in [2.45, 2.75) is 75.5 Å². The molecule has 7 heteroatoms. The number of fused-ring (bicyclic) bond motifs is 5. The fraction of sp³-hybridized carbons (Fsp3) is 0.500. The molecular weight excluding hydrogens is 455 g/mol. The first kappa shape index (κ1) is 23.9. The summed E-state index contributed by atoms with van der Waals surface area (Å²) in [6.07, 6.45) is -2.09. The number of Topliss-reactive ketones (excluding diaryl/α,β-unsaturated/α-hetero) is 1. The van der Waals surface area contributed by atoms with Gasteiger partial charge in [0.25, 0.3) is 0 Å². The van der Waals surface area contributed by atoms with E-state index in [1.807, 2.05) is 29.2 Å². The minimum atomic E-state index is -4.23. The third-order valence-electron chi connectivity index (χ3n) is 7.86. The summed E-state index contributed by atoms with van der Waals surface area (Å²) in [7, 11) is 0. The molecule has 2 unspecified atom stereocenters. The Kier molecular flexibility index (Phi) is 6.60. The molecule has 2 saturated heterocycles. The molecule has 0 saturated carbocycles. The van der Waals surface area contributed by atoms with Gasteiger partial charge in [-0.15, -0.1) is 0 Å². The number of halogens is 3. The Morgan fingerprint density at radius 1 is 0.914 bits per heavy atom. The normalized spacial score (nSPS) is 23.5. The van der Waals surface area contributed by atoms with E-state index in [1.165, 1.54) is 11.1 Å². The molecule has 0 spiro atoms. The van der Waals surface area contributed by atoms with E-state index in [-0.39, 0.29) is 55.2 Å². The summed E-state index contributed by atoms with van der Waals surface area (Å²) in [5.41, 5.74) is 4.66. The number of piperidine rings is 2. The van der Waals surface area contributed by atoms with Gasteiger partial charge >= 0.3 is 12.3 Å². The molecule has 35 heavy (non-hydrogen) atoms. The molecule has 0 N–H and O–H groups in total. The maximum Gasteiger partial charge on any atom is 0.410 e. The van der Waals surface area contributed by atoms with Crippen LogP contribution in [0.3, 0.4) is 0 Å². The number of carbonyl (C=O) groups is 2. The van der Waals surface area contributed by atoms with Crippen LogP contribution in [0.2, 0.25) is 0 Å². The molecule has 2 aromatic carbocycles. The number of rotatable bonds is 6. The summed E-state index contributed by atoms with van der Waals surface area (Å²) in [5, 5.41) is 0. The van der Waals surface area contributed by atoms with Crippen LogP contribution in [0.5, 0.6) is 0 Å². The van der Waals surface area contributed by atoms with Crippen LogP contribution in [0.4, 0.5) is 18.0 Å². The number of benzene rings is 2. The number of alkyl halides is 3. The second kappa shape index (κ2) is 9.67. The van der Waals surface area contributed by atoms with Gasteiger partial charge in [0.1, 0.15) is 12.4 Å². The molecule has 2 bridgehead atoms. The van der Waals surface area contributed by atoms with Crippen molar-refractivity contribution >= 4 is 11.9 Å². The Morgan fingerprint density at radius 2 is 1.49 bits per heavy atom. The summed E-state index contributed by atoms with van der Waals surface area (Å²) < 4.78 is 43.3. The van der Waals surface area contributed by atoms with E-state index >= 15 is 0 Å². The lowest BCUT2D eigenvalue weighted by Crippen LogP contribution is -2.55. The summed E-state index contributed by atoms with van der Waals surface area (Å²) in [4.78, 5) is 27.7. The number of hydrogen-bond donors (Lipinski definition) is 0. The molecule has 0 radical (unpaired) electrons. The lowest BCUT2D eigenvalue weighted by atomic mass is 9.76. The maximum absolute atomic E-state index is 13.2. The molecule has 2 atom stereocenters. The topological polar surface area (TPSA) is 46.6 Å². The minimum Gasteiger partial charge on any atom is -0.448 e. The monoisotopic (exact) mass is 485 g/mol. The molecule has 1 aliphatic carbocycles. The van der Waals surface area contributed by atoms with Crippen molar-refractivity contribution in [1.82, 2.24) is 4.90 Å². The van der Waals surface area contributed by atoms with Crippen LogP contribution in [0, 0.1) is 5.92 Å². The molecule has 2 aromatic rings. The smallest absolute Gasteiger partial charge is 0.410 e. The predicted octanol–water partition coefficient (Wildman–Crippen LogP) is 6.87. The van der Waals surface area contributed by atoms with Gasteiger partial charge in [0.15, 0.2) is 0 Å². The van der Waals surface area contributed by atoms with Crippen LogP contribution in [0.25, 0.3) is 11.1 Å². The first-order chi connectivity index (χ1) is 16.8. The van der Waals surface area contributed by atoms with E-state index < -0.39 is 12.6 Å². The van der Waals surface area contributed by atoms with Crippen LogP contribution < -0.4 is 0 Å². The third kappa shape index (κ3) is 4.95. The highest BCUT2D eigenvalue weighted by atomic mass is 19.4. The molecule has 3 aliphatic rings. The number of ether oxygens (including phenoxy) is 1. The van der Waals surface area contributed by atoms with Crippen molar-refractivity contribution in [3.8, 4) is 11.1 Å². The van der Waals surface area contributed by atoms with Crippen LogP contribution in [-0.4, -0.2) is 41.6 Å². The van der Waals surface area contributed by atoms with Crippen molar-refractivity contribution < 1.29 is 27.5 Å². The number of ketones is 1. The first-order valence-corrected chi connectivity index (χ1v) is 12.5. The third-order valence-corrected chi connectivity index (χ3v) is 7.86. The number of hydrogen-bond acceptors (Lipinski definition) is 3. The molecule has 186 valence electrons. The van der Waals surface area contributed by atoms with Crippen molar-refractivity contribution in [2.24, 2.45) is 5.92 Å².